The van der Waals surface area contributed by atoms with Crippen LogP contribution in [0, 0.1) is 17.9 Å². The van der Waals surface area contributed by atoms with Crippen molar-refractivity contribution in [2.45, 2.75) is 0 Å². The molecule has 84 valence electrons. The average Bonchev–Trinajstić information content (AvgIpc) is 2.45. The van der Waals surface area contributed by atoms with E-state index in [0.29, 0.717) is 11.3 Å². The Morgan fingerprint density at radius 1 is 1.00 bits per heavy atom. The molecule has 2 rings (SSSR count). The molecule has 0 heterocycles. The molecule has 0 spiro atoms. The third-order valence-electron chi connectivity index (χ3n) is 2.48. The van der Waals surface area contributed by atoms with Crippen molar-refractivity contribution in [2.75, 3.05) is 0 Å². The normalized spacial score (nSPS) is 9.89. The van der Waals surface area contributed by atoms with Crippen LogP contribution in [-0.2, 0) is 0 Å². The van der Waals surface area contributed by atoms with E-state index in [2.05, 4.69) is 10.9 Å². The van der Waals surface area contributed by atoms with Gasteiger partial charge in [0.1, 0.15) is 0 Å². The van der Waals surface area contributed by atoms with Crippen LogP contribution in [0.15, 0.2) is 48.5 Å². The lowest BCUT2D eigenvalue weighted by molar-refractivity contribution is 1.48. The Hall–Kier alpha value is -2.84. The van der Waals surface area contributed by atoms with Gasteiger partial charge in [0.25, 0.3) is 0 Å². The highest BCUT2D eigenvalue weighted by Gasteiger charge is 1.93. The molecule has 2 heteroatoms. The van der Waals surface area contributed by atoms with E-state index in [0.717, 1.165) is 11.1 Å². The number of nitrogens with zero attached hydrogens (tertiary/aromatic N) is 2. The fraction of sp³-hybridized carbons (Fsp3) is 0. The summed E-state index contributed by atoms with van der Waals surface area (Å²) in [6.07, 6.45) is 3.87. The van der Waals surface area contributed by atoms with Crippen LogP contribution in [0.3, 0.4) is 0 Å². The molecule has 0 aliphatic carbocycles. The minimum Gasteiger partial charge on any atom is -0.238 e. The Morgan fingerprint density at radius 2 is 1.67 bits per heavy atom. The first-order chi connectivity index (χ1) is 8.81. The maximum absolute atomic E-state index is 8.81. The Morgan fingerprint density at radius 3 is 2.33 bits per heavy atom. The molecular formula is C16H10N2. The van der Waals surface area contributed by atoms with E-state index in [-0.39, 0.29) is 0 Å². The van der Waals surface area contributed by atoms with Crippen molar-refractivity contribution in [3.05, 3.63) is 76.6 Å². The molecule has 0 bridgehead atoms. The van der Waals surface area contributed by atoms with Crippen LogP contribution in [-0.4, -0.2) is 0 Å². The lowest BCUT2D eigenvalue weighted by atomic mass is 10.1. The molecule has 0 aliphatic heterocycles. The van der Waals surface area contributed by atoms with E-state index in [1.807, 2.05) is 48.6 Å². The van der Waals surface area contributed by atoms with Gasteiger partial charge in [-0.05, 0) is 29.3 Å². The van der Waals surface area contributed by atoms with Gasteiger partial charge in [-0.1, -0.05) is 42.5 Å². The van der Waals surface area contributed by atoms with Gasteiger partial charge in [0.2, 0.25) is 0 Å². The lowest BCUT2D eigenvalue weighted by Crippen LogP contribution is -1.76. The van der Waals surface area contributed by atoms with Gasteiger partial charge in [-0.3, -0.25) is 0 Å². The number of hydrogen-bond donors (Lipinski definition) is 0. The summed E-state index contributed by atoms with van der Waals surface area (Å²) in [5, 5.41) is 8.81. The SMILES string of the molecule is [C-]#[N+]c1cccc(C=Cc2cccc(C#N)c2)c1. The second-order valence-electron chi connectivity index (χ2n) is 3.78. The number of hydrogen-bond acceptors (Lipinski definition) is 1. The molecule has 0 aliphatic rings. The van der Waals surface area contributed by atoms with Crippen molar-refractivity contribution in [1.82, 2.24) is 0 Å². The smallest absolute Gasteiger partial charge is 0.187 e. The van der Waals surface area contributed by atoms with E-state index in [4.69, 9.17) is 11.8 Å². The summed E-state index contributed by atoms with van der Waals surface area (Å²) in [6, 6.07) is 16.9. The summed E-state index contributed by atoms with van der Waals surface area (Å²) in [6.45, 7) is 6.95. The average molecular weight is 230 g/mol. The molecule has 2 aromatic rings. The largest absolute Gasteiger partial charge is 0.238 e. The van der Waals surface area contributed by atoms with Crippen LogP contribution in [0.5, 0.6) is 0 Å². The van der Waals surface area contributed by atoms with Crippen molar-refractivity contribution in [3.63, 3.8) is 0 Å². The Balaban J connectivity index is 2.25. The third kappa shape index (κ3) is 2.84. The first kappa shape index (κ1) is 11.6. The van der Waals surface area contributed by atoms with Gasteiger partial charge in [0, 0.05) is 0 Å². The summed E-state index contributed by atoms with van der Waals surface area (Å²) in [7, 11) is 0. The second-order valence-corrected chi connectivity index (χ2v) is 3.78. The van der Waals surface area contributed by atoms with Gasteiger partial charge in [0.05, 0.1) is 18.2 Å². The van der Waals surface area contributed by atoms with E-state index in [1.54, 1.807) is 12.1 Å². The van der Waals surface area contributed by atoms with E-state index in [1.165, 1.54) is 0 Å². The molecule has 0 saturated heterocycles. The van der Waals surface area contributed by atoms with E-state index < -0.39 is 0 Å². The fourth-order valence-electron chi connectivity index (χ4n) is 1.60. The maximum atomic E-state index is 8.81. The first-order valence-corrected chi connectivity index (χ1v) is 5.47. The molecule has 2 aromatic carbocycles. The molecule has 2 nitrogen and oxygen atoms in total. The molecular weight excluding hydrogens is 220 g/mol. The molecule has 0 saturated carbocycles. The third-order valence-corrected chi connectivity index (χ3v) is 2.48. The lowest BCUT2D eigenvalue weighted by Gasteiger charge is -1.96. The number of benzene rings is 2. The first-order valence-electron chi connectivity index (χ1n) is 5.47. The number of nitriles is 1. The molecule has 0 fully saturated rings. The van der Waals surface area contributed by atoms with Gasteiger partial charge >= 0.3 is 0 Å². The summed E-state index contributed by atoms with van der Waals surface area (Å²) >= 11 is 0. The zero-order valence-electron chi connectivity index (χ0n) is 9.67. The molecule has 0 atom stereocenters. The Labute approximate surface area is 106 Å². The highest BCUT2D eigenvalue weighted by molar-refractivity contribution is 5.71. The van der Waals surface area contributed by atoms with Gasteiger partial charge < -0.3 is 0 Å². The Kier molecular flexibility index (Phi) is 3.54. The van der Waals surface area contributed by atoms with Crippen molar-refractivity contribution >= 4 is 17.8 Å². The van der Waals surface area contributed by atoms with Crippen LogP contribution < -0.4 is 0 Å². The van der Waals surface area contributed by atoms with Crippen LogP contribution in [0.4, 0.5) is 5.69 Å². The molecule has 0 radical (unpaired) electrons. The summed E-state index contributed by atoms with van der Waals surface area (Å²) in [4.78, 5) is 3.39. The number of rotatable bonds is 2. The van der Waals surface area contributed by atoms with Crippen molar-refractivity contribution in [1.29, 1.82) is 5.26 Å². The molecule has 0 aromatic heterocycles. The van der Waals surface area contributed by atoms with Crippen LogP contribution in [0.25, 0.3) is 17.0 Å². The van der Waals surface area contributed by atoms with Crippen molar-refractivity contribution in [3.8, 4) is 6.07 Å². The summed E-state index contributed by atoms with van der Waals surface area (Å²) < 4.78 is 0. The van der Waals surface area contributed by atoms with Gasteiger partial charge in [-0.2, -0.15) is 5.26 Å². The van der Waals surface area contributed by atoms with Gasteiger partial charge in [0.15, 0.2) is 5.69 Å². The topological polar surface area (TPSA) is 28.1 Å². The fourth-order valence-corrected chi connectivity index (χ4v) is 1.60. The van der Waals surface area contributed by atoms with Crippen LogP contribution in [0.1, 0.15) is 16.7 Å². The van der Waals surface area contributed by atoms with Crippen LogP contribution >= 0.6 is 0 Å². The van der Waals surface area contributed by atoms with Crippen molar-refractivity contribution < 1.29 is 0 Å². The zero-order chi connectivity index (χ0) is 12.8. The van der Waals surface area contributed by atoms with E-state index >= 15 is 0 Å². The van der Waals surface area contributed by atoms with Gasteiger partial charge in [-0.15, -0.1) is 0 Å². The van der Waals surface area contributed by atoms with Crippen molar-refractivity contribution in [2.24, 2.45) is 0 Å². The standard InChI is InChI=1S/C16H10N2/c1-18-16-7-3-5-14(11-16)9-8-13-4-2-6-15(10-13)12-17/h2-11H. The quantitative estimate of drug-likeness (QED) is 0.559. The van der Waals surface area contributed by atoms with Crippen LogP contribution in [0.2, 0.25) is 0 Å². The second kappa shape index (κ2) is 5.48. The minimum atomic E-state index is 0.628. The highest BCUT2D eigenvalue weighted by atomic mass is 14.6. The summed E-state index contributed by atoms with van der Waals surface area (Å²) in [5.74, 6) is 0. The Bertz CT molecular complexity index is 610. The van der Waals surface area contributed by atoms with E-state index in [9.17, 15) is 0 Å². The van der Waals surface area contributed by atoms with Gasteiger partial charge in [-0.25, -0.2) is 4.85 Å². The maximum Gasteiger partial charge on any atom is 0.187 e. The molecule has 0 unspecified atom stereocenters. The molecule has 18 heavy (non-hydrogen) atoms. The minimum absolute atomic E-state index is 0.628. The predicted octanol–water partition coefficient (Wildman–Crippen LogP) is 4.28. The molecule has 0 N–H and O–H groups in total. The molecule has 0 amide bonds. The summed E-state index contributed by atoms with van der Waals surface area (Å²) in [5.41, 5.74) is 3.23. The predicted molar refractivity (Wildman–Crippen MR) is 72.8 cm³/mol. The monoisotopic (exact) mass is 230 g/mol. The highest BCUT2D eigenvalue weighted by Crippen LogP contribution is 2.16. The zero-order valence-corrected chi connectivity index (χ0v) is 9.67.